The van der Waals surface area contributed by atoms with Crippen molar-refractivity contribution in [2.45, 2.75) is 18.4 Å². The summed E-state index contributed by atoms with van der Waals surface area (Å²) in [7, 11) is 0. The summed E-state index contributed by atoms with van der Waals surface area (Å²) >= 11 is 5.99. The fourth-order valence-corrected chi connectivity index (χ4v) is 4.03. The molecule has 0 unspecified atom stereocenters. The quantitative estimate of drug-likeness (QED) is 0.502. The van der Waals surface area contributed by atoms with Gasteiger partial charge in [-0.3, -0.25) is 0 Å². The Morgan fingerprint density at radius 1 is 0.897 bits per heavy atom. The molecule has 1 aliphatic rings. The maximum Gasteiger partial charge on any atom is 0.137 e. The first-order chi connectivity index (χ1) is 14.1. The number of benzene rings is 2. The van der Waals surface area contributed by atoms with Crippen molar-refractivity contribution >= 4 is 17.2 Å². The van der Waals surface area contributed by atoms with Crippen LogP contribution in [0.25, 0.3) is 28.0 Å². The summed E-state index contributed by atoms with van der Waals surface area (Å²) in [5, 5.41) is 11.7. The molecule has 1 N–H and O–H groups in total. The van der Waals surface area contributed by atoms with E-state index in [1.165, 1.54) is 0 Å². The lowest BCUT2D eigenvalue weighted by atomic mass is 9.85. The normalized spacial score (nSPS) is 16.2. The molecule has 0 amide bonds. The van der Waals surface area contributed by atoms with E-state index in [1.54, 1.807) is 0 Å². The fourth-order valence-electron chi connectivity index (χ4n) is 3.91. The lowest BCUT2D eigenvalue weighted by molar-refractivity contribution is -0.0678. The molecular formula is C24H21ClN2O2. The SMILES string of the molecule is OC1(c2cccc(-c3ccc4nc(-c5ccc(Cl)cc5)cn4c3)c2)CCOCC1. The molecule has 5 rings (SSSR count). The van der Waals surface area contributed by atoms with Gasteiger partial charge >= 0.3 is 0 Å². The van der Waals surface area contributed by atoms with Gasteiger partial charge in [0.1, 0.15) is 5.65 Å². The number of fused-ring (bicyclic) bond motifs is 1. The maximum atomic E-state index is 11.0. The Kier molecular flexibility index (Phi) is 4.63. The number of halogens is 1. The molecule has 0 spiro atoms. The minimum Gasteiger partial charge on any atom is -0.385 e. The zero-order valence-electron chi connectivity index (χ0n) is 15.9. The first-order valence-corrected chi connectivity index (χ1v) is 10.1. The summed E-state index contributed by atoms with van der Waals surface area (Å²) in [4.78, 5) is 4.72. The van der Waals surface area contributed by atoms with Crippen LogP contribution in [0.3, 0.4) is 0 Å². The van der Waals surface area contributed by atoms with Crippen LogP contribution < -0.4 is 0 Å². The smallest absolute Gasteiger partial charge is 0.137 e. The molecule has 29 heavy (non-hydrogen) atoms. The number of rotatable bonds is 3. The number of imidazole rings is 1. The van der Waals surface area contributed by atoms with Crippen LogP contribution in [0, 0.1) is 0 Å². The first-order valence-electron chi connectivity index (χ1n) is 9.77. The van der Waals surface area contributed by atoms with Gasteiger partial charge in [0, 0.05) is 49.0 Å². The highest BCUT2D eigenvalue weighted by Gasteiger charge is 2.31. The summed E-state index contributed by atoms with van der Waals surface area (Å²) in [6.45, 7) is 1.18. The molecule has 4 aromatic rings. The fraction of sp³-hybridized carbons (Fsp3) is 0.208. The average Bonchev–Trinajstić information content (AvgIpc) is 3.18. The Hall–Kier alpha value is -2.66. The number of nitrogens with zero attached hydrogens (tertiary/aromatic N) is 2. The molecule has 0 atom stereocenters. The van der Waals surface area contributed by atoms with Crippen LogP contribution in [-0.2, 0) is 10.3 Å². The van der Waals surface area contributed by atoms with E-state index in [0.717, 1.165) is 33.6 Å². The number of hydrogen-bond donors (Lipinski definition) is 1. The molecule has 0 bridgehead atoms. The monoisotopic (exact) mass is 404 g/mol. The van der Waals surface area contributed by atoms with Crippen LogP contribution in [0.1, 0.15) is 18.4 Å². The highest BCUT2D eigenvalue weighted by molar-refractivity contribution is 6.30. The molecule has 1 saturated heterocycles. The molecule has 0 radical (unpaired) electrons. The number of pyridine rings is 1. The Bertz CT molecular complexity index is 1160. The highest BCUT2D eigenvalue weighted by Crippen LogP contribution is 2.34. The molecule has 4 nitrogen and oxygen atoms in total. The predicted molar refractivity (Wildman–Crippen MR) is 115 cm³/mol. The predicted octanol–water partition coefficient (Wildman–Crippen LogP) is 5.32. The largest absolute Gasteiger partial charge is 0.385 e. The Morgan fingerprint density at radius 3 is 2.45 bits per heavy atom. The summed E-state index contributed by atoms with van der Waals surface area (Å²) in [6.07, 6.45) is 5.36. The van der Waals surface area contributed by atoms with Crippen LogP contribution >= 0.6 is 11.6 Å². The number of aliphatic hydroxyl groups is 1. The number of ether oxygens (including phenoxy) is 1. The van der Waals surface area contributed by atoms with Gasteiger partial charge in [-0.15, -0.1) is 0 Å². The Balaban J connectivity index is 1.50. The Labute approximate surface area is 174 Å². The Morgan fingerprint density at radius 2 is 1.66 bits per heavy atom. The molecular weight excluding hydrogens is 384 g/mol. The maximum absolute atomic E-state index is 11.0. The minimum absolute atomic E-state index is 0.592. The second-order valence-electron chi connectivity index (χ2n) is 7.54. The molecule has 2 aromatic carbocycles. The van der Waals surface area contributed by atoms with E-state index in [0.29, 0.717) is 31.1 Å². The number of hydrogen-bond acceptors (Lipinski definition) is 3. The van der Waals surface area contributed by atoms with Gasteiger partial charge < -0.3 is 14.2 Å². The van der Waals surface area contributed by atoms with Crippen molar-refractivity contribution < 1.29 is 9.84 Å². The molecule has 5 heteroatoms. The van der Waals surface area contributed by atoms with Gasteiger partial charge in [-0.1, -0.05) is 41.9 Å². The topological polar surface area (TPSA) is 46.8 Å². The third-order valence-corrected chi connectivity index (χ3v) is 5.90. The van der Waals surface area contributed by atoms with Crippen molar-refractivity contribution in [3.8, 4) is 22.4 Å². The highest BCUT2D eigenvalue weighted by atomic mass is 35.5. The van der Waals surface area contributed by atoms with Crippen molar-refractivity contribution in [1.29, 1.82) is 0 Å². The lowest BCUT2D eigenvalue weighted by Gasteiger charge is -2.32. The van der Waals surface area contributed by atoms with Gasteiger partial charge in [-0.25, -0.2) is 4.98 Å². The van der Waals surface area contributed by atoms with E-state index in [1.807, 2.05) is 53.1 Å². The third kappa shape index (κ3) is 3.55. The van der Waals surface area contributed by atoms with Gasteiger partial charge in [0.25, 0.3) is 0 Å². The van der Waals surface area contributed by atoms with Crippen LogP contribution in [0.4, 0.5) is 0 Å². The van der Waals surface area contributed by atoms with Gasteiger partial charge in [-0.05, 0) is 47.0 Å². The second-order valence-corrected chi connectivity index (χ2v) is 7.98. The first kappa shape index (κ1) is 18.4. The lowest BCUT2D eigenvalue weighted by Crippen LogP contribution is -2.33. The van der Waals surface area contributed by atoms with Crippen LogP contribution in [0.5, 0.6) is 0 Å². The average molecular weight is 405 g/mol. The van der Waals surface area contributed by atoms with Crippen LogP contribution in [-0.4, -0.2) is 27.7 Å². The zero-order valence-corrected chi connectivity index (χ0v) is 16.6. The van der Waals surface area contributed by atoms with Gasteiger partial charge in [0.15, 0.2) is 0 Å². The van der Waals surface area contributed by atoms with E-state index in [4.69, 9.17) is 21.3 Å². The third-order valence-electron chi connectivity index (χ3n) is 5.64. The minimum atomic E-state index is -0.810. The summed E-state index contributed by atoms with van der Waals surface area (Å²) in [6, 6.07) is 20.0. The van der Waals surface area contributed by atoms with E-state index >= 15 is 0 Å². The molecule has 2 aromatic heterocycles. The van der Waals surface area contributed by atoms with Crippen molar-refractivity contribution in [3.05, 3.63) is 83.6 Å². The van der Waals surface area contributed by atoms with Crippen LogP contribution in [0.2, 0.25) is 5.02 Å². The van der Waals surface area contributed by atoms with E-state index < -0.39 is 5.60 Å². The summed E-state index contributed by atoms with van der Waals surface area (Å²) in [5.41, 5.74) is 5.12. The second kappa shape index (κ2) is 7.30. The molecule has 0 saturated carbocycles. The van der Waals surface area contributed by atoms with Crippen molar-refractivity contribution in [2.75, 3.05) is 13.2 Å². The van der Waals surface area contributed by atoms with Gasteiger partial charge in [-0.2, -0.15) is 0 Å². The zero-order chi connectivity index (χ0) is 19.8. The molecule has 0 aliphatic carbocycles. The van der Waals surface area contributed by atoms with Gasteiger partial charge in [0.05, 0.1) is 11.3 Å². The van der Waals surface area contributed by atoms with Crippen molar-refractivity contribution in [3.63, 3.8) is 0 Å². The van der Waals surface area contributed by atoms with E-state index in [9.17, 15) is 5.11 Å². The molecule has 3 heterocycles. The molecule has 146 valence electrons. The van der Waals surface area contributed by atoms with Crippen LogP contribution in [0.15, 0.2) is 73.1 Å². The summed E-state index contributed by atoms with van der Waals surface area (Å²) < 4.78 is 7.45. The van der Waals surface area contributed by atoms with Crippen molar-refractivity contribution in [2.24, 2.45) is 0 Å². The van der Waals surface area contributed by atoms with Crippen molar-refractivity contribution in [1.82, 2.24) is 9.38 Å². The number of aromatic nitrogens is 2. The van der Waals surface area contributed by atoms with Gasteiger partial charge in [0.2, 0.25) is 0 Å². The molecule has 1 aliphatic heterocycles. The summed E-state index contributed by atoms with van der Waals surface area (Å²) in [5.74, 6) is 0. The molecule has 1 fully saturated rings. The standard InChI is InChI=1S/C24H21ClN2O2/c25-21-7-4-17(5-8-21)22-16-27-15-19(6-9-23(27)26-22)18-2-1-3-20(14-18)24(28)10-12-29-13-11-24/h1-9,14-16,28H,10-13H2. The van der Waals surface area contributed by atoms with E-state index in [2.05, 4.69) is 24.4 Å². The van der Waals surface area contributed by atoms with E-state index in [-0.39, 0.29) is 0 Å².